The molecule has 2 atom stereocenters. The highest BCUT2D eigenvalue weighted by molar-refractivity contribution is 7.89. The number of aromatic nitrogens is 2. The lowest BCUT2D eigenvalue weighted by Crippen LogP contribution is -2.44. The van der Waals surface area contributed by atoms with Gasteiger partial charge in [0.2, 0.25) is 0 Å². The van der Waals surface area contributed by atoms with Crippen molar-refractivity contribution in [2.24, 2.45) is 13.0 Å². The Morgan fingerprint density at radius 3 is 2.89 bits per heavy atom. The van der Waals surface area contributed by atoms with Crippen LogP contribution in [0, 0.1) is 5.92 Å². The summed E-state index contributed by atoms with van der Waals surface area (Å²) in [5.74, 6) is 0.301. The number of piperidine rings is 1. The molecule has 1 aliphatic heterocycles. The highest BCUT2D eigenvalue weighted by Crippen LogP contribution is 2.22. The lowest BCUT2D eigenvalue weighted by atomic mass is 9.94. The Kier molecular flexibility index (Phi) is 4.50. The minimum Gasteiger partial charge on any atom is -0.316 e. The Bertz CT molecular complexity index is 517. The maximum atomic E-state index is 12.3. The van der Waals surface area contributed by atoms with Crippen molar-refractivity contribution in [1.82, 2.24) is 19.8 Å². The molecule has 2 rings (SSSR count). The second-order valence-electron chi connectivity index (χ2n) is 4.94. The molecule has 0 spiro atoms. The third-order valence-electron chi connectivity index (χ3n) is 3.48. The summed E-state index contributed by atoms with van der Waals surface area (Å²) in [5.41, 5.74) is 0. The molecule has 0 radical (unpaired) electrons. The number of hydrogen-bond acceptors (Lipinski definition) is 4. The van der Waals surface area contributed by atoms with Crippen LogP contribution in [0.2, 0.25) is 5.02 Å². The highest BCUT2D eigenvalue weighted by atomic mass is 35.5. The molecule has 1 aromatic rings. The molecular formula is C11H19ClN4O2S. The number of rotatable bonds is 4. The zero-order chi connectivity index (χ0) is 14.0. The number of nitrogens with zero attached hydrogens (tertiary/aromatic N) is 2. The molecule has 2 unspecified atom stereocenters. The quantitative estimate of drug-likeness (QED) is 0.860. The summed E-state index contributed by atoms with van der Waals surface area (Å²) in [6, 6.07) is -0.135. The summed E-state index contributed by atoms with van der Waals surface area (Å²) in [5, 5.41) is 7.30. The van der Waals surface area contributed by atoms with E-state index in [9.17, 15) is 8.42 Å². The van der Waals surface area contributed by atoms with E-state index >= 15 is 0 Å². The maximum absolute atomic E-state index is 12.3. The molecule has 2 N–H and O–H groups in total. The Hall–Kier alpha value is -0.630. The van der Waals surface area contributed by atoms with Gasteiger partial charge in [0.05, 0.1) is 11.2 Å². The molecular weight excluding hydrogens is 288 g/mol. The summed E-state index contributed by atoms with van der Waals surface area (Å²) >= 11 is 5.88. The molecule has 1 aliphatic rings. The Morgan fingerprint density at radius 1 is 1.63 bits per heavy atom. The van der Waals surface area contributed by atoms with Crippen molar-refractivity contribution in [3.05, 3.63) is 11.2 Å². The van der Waals surface area contributed by atoms with Crippen molar-refractivity contribution in [2.75, 3.05) is 13.1 Å². The second kappa shape index (κ2) is 5.78. The van der Waals surface area contributed by atoms with E-state index < -0.39 is 10.0 Å². The molecule has 0 aliphatic carbocycles. The topological polar surface area (TPSA) is 76.0 Å². The average molecular weight is 307 g/mol. The van der Waals surface area contributed by atoms with Crippen molar-refractivity contribution in [2.45, 2.75) is 30.8 Å². The fourth-order valence-electron chi connectivity index (χ4n) is 2.40. The van der Waals surface area contributed by atoms with Crippen molar-refractivity contribution >= 4 is 21.6 Å². The van der Waals surface area contributed by atoms with Gasteiger partial charge in [0.25, 0.3) is 10.0 Å². The van der Waals surface area contributed by atoms with E-state index in [1.165, 1.54) is 10.9 Å². The van der Waals surface area contributed by atoms with Crippen LogP contribution < -0.4 is 10.0 Å². The molecule has 1 saturated heterocycles. The summed E-state index contributed by atoms with van der Waals surface area (Å²) in [4.78, 5) is 0. The van der Waals surface area contributed by atoms with E-state index in [1.807, 2.05) is 6.92 Å². The highest BCUT2D eigenvalue weighted by Gasteiger charge is 2.28. The van der Waals surface area contributed by atoms with Crippen LogP contribution in [0.3, 0.4) is 0 Å². The van der Waals surface area contributed by atoms with Crippen LogP contribution in [0.25, 0.3) is 0 Å². The molecule has 1 aromatic heterocycles. The first-order valence-corrected chi connectivity index (χ1v) is 8.18. The summed E-state index contributed by atoms with van der Waals surface area (Å²) in [6.45, 7) is 3.73. The van der Waals surface area contributed by atoms with Gasteiger partial charge in [0.1, 0.15) is 0 Å². The van der Waals surface area contributed by atoms with E-state index in [0.717, 1.165) is 25.9 Å². The van der Waals surface area contributed by atoms with Crippen LogP contribution >= 0.6 is 11.6 Å². The first-order valence-electron chi connectivity index (χ1n) is 6.32. The normalized spacial score (nSPS) is 22.4. The minimum atomic E-state index is -3.64. The molecule has 8 heteroatoms. The Morgan fingerprint density at radius 2 is 2.37 bits per heavy atom. The average Bonchev–Trinajstić information content (AvgIpc) is 2.70. The molecule has 6 nitrogen and oxygen atoms in total. The van der Waals surface area contributed by atoms with E-state index in [1.54, 1.807) is 7.05 Å². The number of nitrogens with one attached hydrogen (secondary N) is 2. The van der Waals surface area contributed by atoms with Gasteiger partial charge < -0.3 is 5.32 Å². The van der Waals surface area contributed by atoms with Crippen LogP contribution in [0.5, 0.6) is 0 Å². The molecule has 2 heterocycles. The first kappa shape index (κ1) is 14.8. The van der Waals surface area contributed by atoms with E-state index in [0.29, 0.717) is 5.92 Å². The lowest BCUT2D eigenvalue weighted by molar-refractivity contribution is 0.320. The number of halogens is 1. The zero-order valence-corrected chi connectivity index (χ0v) is 12.6. The smallest absolute Gasteiger partial charge is 0.259 e. The Balaban J connectivity index is 2.13. The van der Waals surface area contributed by atoms with Crippen molar-refractivity contribution < 1.29 is 8.42 Å². The van der Waals surface area contributed by atoms with Crippen molar-refractivity contribution in [3.8, 4) is 0 Å². The molecule has 0 aromatic carbocycles. The van der Waals surface area contributed by atoms with Crippen LogP contribution in [-0.2, 0) is 17.1 Å². The Labute approximate surface area is 118 Å². The van der Waals surface area contributed by atoms with Gasteiger partial charge in [-0.25, -0.2) is 13.1 Å². The number of sulfonamides is 1. The van der Waals surface area contributed by atoms with Crippen LogP contribution in [0.1, 0.15) is 19.8 Å². The van der Waals surface area contributed by atoms with E-state index in [-0.39, 0.29) is 16.1 Å². The lowest BCUT2D eigenvalue weighted by Gasteiger charge is -2.28. The first-order chi connectivity index (χ1) is 8.92. The van der Waals surface area contributed by atoms with Crippen LogP contribution in [-0.4, -0.2) is 37.3 Å². The van der Waals surface area contributed by atoms with Gasteiger partial charge in [0, 0.05) is 13.1 Å². The van der Waals surface area contributed by atoms with E-state index in [2.05, 4.69) is 15.1 Å². The molecule has 0 amide bonds. The van der Waals surface area contributed by atoms with Gasteiger partial charge >= 0.3 is 0 Å². The van der Waals surface area contributed by atoms with Gasteiger partial charge in [-0.3, -0.25) is 4.68 Å². The van der Waals surface area contributed by atoms with Gasteiger partial charge in [-0.1, -0.05) is 11.6 Å². The van der Waals surface area contributed by atoms with E-state index in [4.69, 9.17) is 11.6 Å². The van der Waals surface area contributed by atoms with Gasteiger partial charge in [-0.15, -0.1) is 0 Å². The molecule has 19 heavy (non-hydrogen) atoms. The largest absolute Gasteiger partial charge is 0.316 e. The van der Waals surface area contributed by atoms with Crippen LogP contribution in [0.15, 0.2) is 11.2 Å². The predicted molar refractivity (Wildman–Crippen MR) is 73.6 cm³/mol. The third-order valence-corrected chi connectivity index (χ3v) is 5.54. The predicted octanol–water partition coefficient (Wildman–Crippen LogP) is 0.740. The fourth-order valence-corrected chi connectivity index (χ4v) is 4.37. The van der Waals surface area contributed by atoms with Gasteiger partial charge in [-0.05, 0) is 38.8 Å². The minimum absolute atomic E-state index is 0.0183. The van der Waals surface area contributed by atoms with Gasteiger partial charge in [-0.2, -0.15) is 5.10 Å². The fraction of sp³-hybridized carbons (Fsp3) is 0.727. The van der Waals surface area contributed by atoms with Crippen molar-refractivity contribution in [3.63, 3.8) is 0 Å². The standard InChI is InChI=1S/C11H19ClN4O2S/c1-8(9-4-3-5-13-6-9)15-19(17,18)11-10(12)7-14-16(11)2/h7-9,13,15H,3-6H2,1-2H3. The van der Waals surface area contributed by atoms with Crippen molar-refractivity contribution in [1.29, 1.82) is 0 Å². The summed E-state index contributed by atoms with van der Waals surface area (Å²) < 4.78 is 28.6. The SMILES string of the molecule is CC(NS(=O)(=O)c1c(Cl)cnn1C)C1CCCNC1. The summed E-state index contributed by atoms with van der Waals surface area (Å²) in [7, 11) is -2.07. The molecule has 1 fully saturated rings. The van der Waals surface area contributed by atoms with Gasteiger partial charge in [0.15, 0.2) is 5.03 Å². The second-order valence-corrected chi connectivity index (χ2v) is 6.97. The van der Waals surface area contributed by atoms with Crippen LogP contribution in [0.4, 0.5) is 0 Å². The number of aryl methyl sites for hydroxylation is 1. The molecule has 0 saturated carbocycles. The maximum Gasteiger partial charge on any atom is 0.259 e. The molecule has 0 bridgehead atoms. The molecule has 108 valence electrons. The number of hydrogen-bond donors (Lipinski definition) is 2. The zero-order valence-electron chi connectivity index (χ0n) is 11.1. The monoisotopic (exact) mass is 306 g/mol. The summed E-state index contributed by atoms with van der Waals surface area (Å²) in [6.07, 6.45) is 3.43. The third kappa shape index (κ3) is 3.28.